The van der Waals surface area contributed by atoms with Gasteiger partial charge in [0.05, 0.1) is 19.6 Å². The normalized spacial score (nSPS) is 12.6. The topological polar surface area (TPSA) is 184 Å². The van der Waals surface area contributed by atoms with E-state index < -0.39 is 0 Å². The van der Waals surface area contributed by atoms with E-state index in [9.17, 15) is 14.4 Å². The molecule has 0 bridgehead atoms. The average Bonchev–Trinajstić information content (AvgIpc) is 3.44. The molecule has 3 aromatic carbocycles. The second-order valence-electron chi connectivity index (χ2n) is 17.2. The maximum Gasteiger partial charge on any atom is 0.324 e. The second kappa shape index (κ2) is 35.9. The van der Waals surface area contributed by atoms with Crippen LogP contribution in [0, 0.1) is 0 Å². The van der Waals surface area contributed by atoms with Gasteiger partial charge in [0.2, 0.25) is 17.9 Å². The molecule has 0 heterocycles. The minimum absolute atomic E-state index is 0.222. The van der Waals surface area contributed by atoms with Crippen molar-refractivity contribution in [2.24, 2.45) is 30.0 Å². The highest BCUT2D eigenvalue weighted by Crippen LogP contribution is 2.10. The lowest BCUT2D eigenvalue weighted by Gasteiger charge is -2.26. The van der Waals surface area contributed by atoms with Crippen molar-refractivity contribution in [1.82, 2.24) is 50.2 Å². The van der Waals surface area contributed by atoms with E-state index >= 15 is 0 Å². The summed E-state index contributed by atoms with van der Waals surface area (Å²) in [4.78, 5) is 84.6. The molecular formula is C57H90N16O3. The van der Waals surface area contributed by atoms with Crippen molar-refractivity contribution in [3.05, 3.63) is 108 Å². The number of amidine groups is 3. The Morgan fingerprint density at radius 2 is 0.539 bits per heavy atom. The summed E-state index contributed by atoms with van der Waals surface area (Å²) in [7, 11) is 0. The summed E-state index contributed by atoms with van der Waals surface area (Å²) >= 11 is 0. The quantitative estimate of drug-likeness (QED) is 0.0602. The van der Waals surface area contributed by atoms with Gasteiger partial charge in [-0.15, -0.1) is 0 Å². The predicted molar refractivity (Wildman–Crippen MR) is 315 cm³/mol. The molecule has 0 saturated heterocycles. The number of guanidine groups is 3. The second-order valence-corrected chi connectivity index (χ2v) is 17.2. The largest absolute Gasteiger partial charge is 0.343 e. The van der Waals surface area contributed by atoms with Gasteiger partial charge in [-0.25, -0.2) is 14.4 Å². The Bertz CT molecular complexity index is 2070. The van der Waals surface area contributed by atoms with Gasteiger partial charge in [0.15, 0.2) is 17.5 Å². The van der Waals surface area contributed by atoms with Gasteiger partial charge in [-0.3, -0.25) is 35.8 Å². The van der Waals surface area contributed by atoms with Crippen LogP contribution >= 0.6 is 0 Å². The van der Waals surface area contributed by atoms with Gasteiger partial charge in [0.25, 0.3) is 0 Å². The summed E-state index contributed by atoms with van der Waals surface area (Å²) in [5, 5.41) is 9.26. The minimum Gasteiger partial charge on any atom is -0.343 e. The number of carbonyl (C=O) groups excluding carboxylic acids is 3. The zero-order valence-corrected chi connectivity index (χ0v) is 47.9. The first-order chi connectivity index (χ1) is 36.9. The Balaban J connectivity index is 2.22. The molecule has 0 aliphatic heterocycles. The average molecular weight is 1050 g/mol. The Kier molecular flexibility index (Phi) is 29.9. The van der Waals surface area contributed by atoms with Crippen molar-refractivity contribution >= 4 is 53.5 Å². The number of aliphatic imine (C=N–C) groups is 6. The van der Waals surface area contributed by atoms with Crippen LogP contribution in [0.25, 0.3) is 0 Å². The van der Waals surface area contributed by atoms with Gasteiger partial charge in [-0.2, -0.15) is 15.0 Å². The number of nitrogens with one attached hydrogen (secondary N) is 3. The lowest BCUT2D eigenvalue weighted by Crippen LogP contribution is -2.49. The van der Waals surface area contributed by atoms with E-state index in [1.54, 1.807) is 14.7 Å². The molecule has 0 fully saturated rings. The number of nitrogens with zero attached hydrogens (tertiary/aromatic N) is 13. The van der Waals surface area contributed by atoms with Crippen LogP contribution in [0.4, 0.5) is 14.4 Å². The van der Waals surface area contributed by atoms with E-state index in [-0.39, 0.29) is 18.1 Å². The van der Waals surface area contributed by atoms with Crippen LogP contribution < -0.4 is 16.0 Å². The Hall–Kier alpha value is -7.15. The fourth-order valence-corrected chi connectivity index (χ4v) is 8.02. The summed E-state index contributed by atoms with van der Waals surface area (Å²) in [6.45, 7) is 33.7. The highest BCUT2D eigenvalue weighted by atomic mass is 16.2. The Morgan fingerprint density at radius 3 is 0.737 bits per heavy atom. The van der Waals surface area contributed by atoms with Gasteiger partial charge in [0, 0.05) is 115 Å². The zero-order valence-electron chi connectivity index (χ0n) is 47.9. The van der Waals surface area contributed by atoms with E-state index in [4.69, 9.17) is 30.0 Å². The van der Waals surface area contributed by atoms with Crippen molar-refractivity contribution in [3.8, 4) is 0 Å². The van der Waals surface area contributed by atoms with E-state index in [0.29, 0.717) is 153 Å². The molecule has 0 aromatic heterocycles. The predicted octanol–water partition coefficient (Wildman–Crippen LogP) is 7.88. The van der Waals surface area contributed by atoms with Crippen LogP contribution in [-0.2, 0) is 0 Å². The number of carbonyl (C=O) groups is 3. The number of hydrogen-bond acceptors (Lipinski definition) is 7. The first-order valence-electron chi connectivity index (χ1n) is 27.6. The molecule has 76 heavy (non-hydrogen) atoms. The smallest absolute Gasteiger partial charge is 0.324 e. The minimum atomic E-state index is -0.222. The standard InChI is InChI=1S/C57H90N16O3/c1-13-68(14-2)52(64-55(74)71(19-7)20-8)61-49(46-34-28-25-29-35-46)58-40-43-67(44-41-59-50(47-36-30-26-31-37-47)62-53(69(15-3)16-4)65-56(75)72(21-9)22-10)45-42-60-51(48-38-32-27-33-39-48)63-54(70(17-5)18-6)66-57(76)73(23-11)24-12/h25-39H,13-24,40-45H2,1-12H3,(H,58,61,64,74)(H,59,62,65,75)(H,60,63,66,76). The third-order valence-corrected chi connectivity index (χ3v) is 12.8. The molecule has 0 radical (unpaired) electrons. The number of benzene rings is 3. The molecule has 0 atom stereocenters. The molecule has 0 aliphatic rings. The van der Waals surface area contributed by atoms with Crippen LogP contribution in [0.2, 0.25) is 0 Å². The molecule has 6 amide bonds. The molecule has 0 spiro atoms. The van der Waals surface area contributed by atoms with Crippen molar-refractivity contribution in [1.29, 1.82) is 0 Å². The van der Waals surface area contributed by atoms with Crippen molar-refractivity contribution in [3.63, 3.8) is 0 Å². The lowest BCUT2D eigenvalue weighted by atomic mass is 10.2. The molecule has 3 aromatic rings. The fourth-order valence-electron chi connectivity index (χ4n) is 8.02. The Morgan fingerprint density at radius 1 is 0.329 bits per heavy atom. The van der Waals surface area contributed by atoms with Crippen molar-refractivity contribution < 1.29 is 14.4 Å². The van der Waals surface area contributed by atoms with Gasteiger partial charge < -0.3 is 29.4 Å². The molecule has 0 unspecified atom stereocenters. The fraction of sp³-hybridized carbons (Fsp3) is 0.526. The molecule has 416 valence electrons. The third kappa shape index (κ3) is 20.5. The first kappa shape index (κ1) is 63.1. The number of urea groups is 3. The monoisotopic (exact) mass is 1050 g/mol. The summed E-state index contributed by atoms with van der Waals surface area (Å²) in [5.74, 6) is 2.77. The van der Waals surface area contributed by atoms with Gasteiger partial charge in [-0.05, 0) is 83.1 Å². The van der Waals surface area contributed by atoms with E-state index in [0.717, 1.165) is 16.7 Å². The van der Waals surface area contributed by atoms with Crippen molar-refractivity contribution in [2.45, 2.75) is 83.1 Å². The van der Waals surface area contributed by atoms with E-state index in [1.165, 1.54) is 0 Å². The maximum atomic E-state index is 13.5. The summed E-state index contributed by atoms with van der Waals surface area (Å²) in [5.41, 5.74) is 2.44. The van der Waals surface area contributed by atoms with E-state index in [1.807, 2.05) is 189 Å². The maximum absolute atomic E-state index is 13.5. The molecule has 3 N–H and O–H groups in total. The number of rotatable bonds is 24. The van der Waals surface area contributed by atoms with E-state index in [2.05, 4.69) is 20.9 Å². The number of hydrogen-bond donors (Lipinski definition) is 3. The zero-order chi connectivity index (χ0) is 55.7. The summed E-state index contributed by atoms with van der Waals surface area (Å²) in [6, 6.07) is 28.8. The van der Waals surface area contributed by atoms with Crippen LogP contribution in [0.5, 0.6) is 0 Å². The highest BCUT2D eigenvalue weighted by molar-refractivity contribution is 6.10. The highest BCUT2D eigenvalue weighted by Gasteiger charge is 2.21. The van der Waals surface area contributed by atoms with Crippen LogP contribution in [0.1, 0.15) is 99.8 Å². The van der Waals surface area contributed by atoms with Crippen molar-refractivity contribution in [2.75, 3.05) is 118 Å². The number of amides is 6. The molecule has 19 nitrogen and oxygen atoms in total. The van der Waals surface area contributed by atoms with Crippen LogP contribution in [0.15, 0.2) is 121 Å². The molecule has 0 saturated carbocycles. The van der Waals surface area contributed by atoms with Gasteiger partial charge in [-0.1, -0.05) is 91.0 Å². The molecule has 0 aliphatic carbocycles. The lowest BCUT2D eigenvalue weighted by molar-refractivity contribution is 0.206. The Labute approximate surface area is 455 Å². The van der Waals surface area contributed by atoms with Crippen LogP contribution in [0.3, 0.4) is 0 Å². The van der Waals surface area contributed by atoms with Gasteiger partial charge in [0.1, 0.15) is 0 Å². The molecule has 3 rings (SSSR count). The molecular weight excluding hydrogens is 957 g/mol. The first-order valence-corrected chi connectivity index (χ1v) is 27.6. The molecule has 19 heteroatoms. The summed E-state index contributed by atoms with van der Waals surface area (Å²) < 4.78 is 0. The third-order valence-electron chi connectivity index (χ3n) is 12.8. The summed E-state index contributed by atoms with van der Waals surface area (Å²) in [6.07, 6.45) is 0. The SMILES string of the molecule is CCN(CC)C(=O)NC(=NC(=NCCN(CCN=C(N=C(NC(=O)N(CC)CC)N(CC)CC)c1ccccc1)CCN=C(N=C(NC(=O)N(CC)CC)N(CC)CC)c1ccccc1)c1ccccc1)N(CC)CC. The van der Waals surface area contributed by atoms with Crippen LogP contribution in [-0.4, -0.2) is 206 Å². The van der Waals surface area contributed by atoms with Gasteiger partial charge >= 0.3 is 18.1 Å².